The van der Waals surface area contributed by atoms with Gasteiger partial charge >= 0.3 is 0 Å². The second kappa shape index (κ2) is 8.49. The number of ether oxygens (including phenoxy) is 1. The molecule has 0 spiro atoms. The van der Waals surface area contributed by atoms with Crippen molar-refractivity contribution in [2.24, 2.45) is 0 Å². The molecule has 5 nitrogen and oxygen atoms in total. The van der Waals surface area contributed by atoms with Crippen LogP contribution in [-0.4, -0.2) is 29.3 Å². The van der Waals surface area contributed by atoms with E-state index in [4.69, 9.17) is 4.74 Å². The Labute approximate surface area is 157 Å². The molecule has 0 aliphatic heterocycles. The molecule has 1 aromatic heterocycles. The van der Waals surface area contributed by atoms with Crippen LogP contribution in [0.4, 0.5) is 4.39 Å². The number of rotatable bonds is 7. The Balaban J connectivity index is 1.66. The summed E-state index contributed by atoms with van der Waals surface area (Å²) in [4.78, 5) is 12.6. The Kier molecular flexibility index (Phi) is 5.86. The van der Waals surface area contributed by atoms with Crippen molar-refractivity contribution < 1.29 is 13.9 Å². The number of aromatic nitrogens is 2. The minimum Gasteiger partial charge on any atom is -0.497 e. The SMILES string of the molecule is CCc1c(C(=O)NCCc2ccc(OC)cc2)cnn1-c1ccc(F)cc1. The fourth-order valence-electron chi connectivity index (χ4n) is 2.92. The van der Waals surface area contributed by atoms with Crippen molar-refractivity contribution in [2.45, 2.75) is 19.8 Å². The van der Waals surface area contributed by atoms with Crippen molar-refractivity contribution in [3.63, 3.8) is 0 Å². The third-order valence-corrected chi connectivity index (χ3v) is 4.38. The van der Waals surface area contributed by atoms with Crippen molar-refractivity contribution >= 4 is 5.91 Å². The molecule has 0 saturated carbocycles. The van der Waals surface area contributed by atoms with Crippen LogP contribution in [0.1, 0.15) is 28.5 Å². The van der Waals surface area contributed by atoms with E-state index in [1.165, 1.54) is 12.1 Å². The van der Waals surface area contributed by atoms with Crippen molar-refractivity contribution in [3.8, 4) is 11.4 Å². The second-order valence-electron chi connectivity index (χ2n) is 6.10. The minimum absolute atomic E-state index is 0.159. The van der Waals surface area contributed by atoms with Gasteiger partial charge in [-0.05, 0) is 54.8 Å². The molecular weight excluding hydrogens is 345 g/mol. The van der Waals surface area contributed by atoms with Crippen molar-refractivity contribution in [2.75, 3.05) is 13.7 Å². The number of nitrogens with zero attached hydrogens (tertiary/aromatic N) is 2. The van der Waals surface area contributed by atoms with E-state index in [9.17, 15) is 9.18 Å². The lowest BCUT2D eigenvalue weighted by molar-refractivity contribution is 0.0953. The van der Waals surface area contributed by atoms with Gasteiger partial charge in [0.05, 0.1) is 30.3 Å². The van der Waals surface area contributed by atoms with Gasteiger partial charge in [-0.15, -0.1) is 0 Å². The van der Waals surface area contributed by atoms with Crippen LogP contribution in [0.3, 0.4) is 0 Å². The lowest BCUT2D eigenvalue weighted by Gasteiger charge is -2.09. The summed E-state index contributed by atoms with van der Waals surface area (Å²) in [5.74, 6) is 0.345. The number of hydrogen-bond donors (Lipinski definition) is 1. The molecule has 0 aliphatic carbocycles. The Morgan fingerprint density at radius 2 is 1.85 bits per heavy atom. The quantitative estimate of drug-likeness (QED) is 0.695. The van der Waals surface area contributed by atoms with Crippen molar-refractivity contribution in [1.29, 1.82) is 0 Å². The standard InChI is InChI=1S/C21H22FN3O2/c1-3-20-19(14-24-25(20)17-8-6-16(22)7-9-17)21(26)23-13-12-15-4-10-18(27-2)11-5-15/h4-11,14H,3,12-13H2,1-2H3,(H,23,26). The summed E-state index contributed by atoms with van der Waals surface area (Å²) in [7, 11) is 1.63. The highest BCUT2D eigenvalue weighted by molar-refractivity contribution is 5.95. The number of halogens is 1. The van der Waals surface area contributed by atoms with Gasteiger partial charge in [0, 0.05) is 6.54 Å². The van der Waals surface area contributed by atoms with Crippen LogP contribution < -0.4 is 10.1 Å². The minimum atomic E-state index is -0.305. The van der Waals surface area contributed by atoms with E-state index in [0.717, 1.165) is 29.1 Å². The molecular formula is C21H22FN3O2. The fraction of sp³-hybridized carbons (Fsp3) is 0.238. The summed E-state index contributed by atoms with van der Waals surface area (Å²) in [5.41, 5.74) is 3.18. The summed E-state index contributed by atoms with van der Waals surface area (Å²) >= 11 is 0. The molecule has 0 unspecified atom stereocenters. The van der Waals surface area contributed by atoms with Gasteiger partial charge < -0.3 is 10.1 Å². The third kappa shape index (κ3) is 4.34. The molecule has 6 heteroatoms. The molecule has 0 radical (unpaired) electrons. The number of hydrogen-bond acceptors (Lipinski definition) is 3. The van der Waals surface area contributed by atoms with Gasteiger partial charge in [-0.25, -0.2) is 9.07 Å². The monoisotopic (exact) mass is 367 g/mol. The molecule has 140 valence electrons. The van der Waals surface area contributed by atoms with Crippen LogP contribution >= 0.6 is 0 Å². The van der Waals surface area contributed by atoms with Crippen LogP contribution in [0.25, 0.3) is 5.69 Å². The van der Waals surface area contributed by atoms with Crippen LogP contribution in [-0.2, 0) is 12.8 Å². The highest BCUT2D eigenvalue weighted by Gasteiger charge is 2.16. The van der Waals surface area contributed by atoms with E-state index in [0.29, 0.717) is 18.5 Å². The number of amides is 1. The third-order valence-electron chi connectivity index (χ3n) is 4.38. The maximum absolute atomic E-state index is 13.1. The van der Waals surface area contributed by atoms with E-state index in [-0.39, 0.29) is 11.7 Å². The number of benzene rings is 2. The normalized spacial score (nSPS) is 10.6. The van der Waals surface area contributed by atoms with E-state index in [1.54, 1.807) is 30.1 Å². The molecule has 0 saturated heterocycles. The van der Waals surface area contributed by atoms with E-state index >= 15 is 0 Å². The molecule has 27 heavy (non-hydrogen) atoms. The average Bonchev–Trinajstić information content (AvgIpc) is 3.13. The lowest BCUT2D eigenvalue weighted by Crippen LogP contribution is -2.26. The van der Waals surface area contributed by atoms with Crippen LogP contribution in [0.2, 0.25) is 0 Å². The largest absolute Gasteiger partial charge is 0.497 e. The molecule has 1 heterocycles. The molecule has 1 amide bonds. The number of methoxy groups -OCH3 is 1. The van der Waals surface area contributed by atoms with E-state index < -0.39 is 0 Å². The Bertz CT molecular complexity index is 902. The smallest absolute Gasteiger partial charge is 0.254 e. The van der Waals surface area contributed by atoms with Gasteiger partial charge in [0.2, 0.25) is 0 Å². The number of carbonyl (C=O) groups excluding carboxylic acids is 1. The van der Waals surface area contributed by atoms with Gasteiger partial charge in [0.25, 0.3) is 5.91 Å². The average molecular weight is 367 g/mol. The summed E-state index contributed by atoms with van der Waals surface area (Å²) in [6, 6.07) is 13.8. The van der Waals surface area contributed by atoms with Gasteiger partial charge in [0.15, 0.2) is 0 Å². The van der Waals surface area contributed by atoms with Gasteiger partial charge in [0.1, 0.15) is 11.6 Å². The highest BCUT2D eigenvalue weighted by Crippen LogP contribution is 2.16. The van der Waals surface area contributed by atoms with Gasteiger partial charge in [-0.3, -0.25) is 4.79 Å². The Morgan fingerprint density at radius 3 is 2.48 bits per heavy atom. The van der Waals surface area contributed by atoms with Crippen LogP contribution in [0.15, 0.2) is 54.7 Å². The second-order valence-corrected chi connectivity index (χ2v) is 6.10. The van der Waals surface area contributed by atoms with Crippen LogP contribution in [0, 0.1) is 5.82 Å². The molecule has 3 rings (SSSR count). The Hall–Kier alpha value is -3.15. The number of nitrogens with one attached hydrogen (secondary N) is 1. The number of carbonyl (C=O) groups is 1. The lowest BCUT2D eigenvalue weighted by atomic mass is 10.1. The summed E-state index contributed by atoms with van der Waals surface area (Å²) < 4.78 is 20.0. The molecule has 0 aliphatic rings. The summed E-state index contributed by atoms with van der Waals surface area (Å²) in [5, 5.41) is 7.25. The maximum atomic E-state index is 13.1. The molecule has 1 N–H and O–H groups in total. The molecule has 0 atom stereocenters. The predicted molar refractivity (Wildman–Crippen MR) is 102 cm³/mol. The van der Waals surface area contributed by atoms with Gasteiger partial charge in [-0.2, -0.15) is 5.10 Å². The molecule has 0 bridgehead atoms. The summed E-state index contributed by atoms with van der Waals surface area (Å²) in [6.07, 6.45) is 2.92. The molecule has 2 aromatic carbocycles. The predicted octanol–water partition coefficient (Wildman–Crippen LogP) is 3.55. The molecule has 0 fully saturated rings. The first kappa shape index (κ1) is 18.6. The van der Waals surface area contributed by atoms with E-state index in [1.807, 2.05) is 31.2 Å². The zero-order valence-electron chi connectivity index (χ0n) is 15.4. The maximum Gasteiger partial charge on any atom is 0.254 e. The van der Waals surface area contributed by atoms with Crippen LogP contribution in [0.5, 0.6) is 5.75 Å². The van der Waals surface area contributed by atoms with Crippen molar-refractivity contribution in [1.82, 2.24) is 15.1 Å². The Morgan fingerprint density at radius 1 is 1.15 bits per heavy atom. The van der Waals surface area contributed by atoms with Gasteiger partial charge in [-0.1, -0.05) is 19.1 Å². The first-order valence-electron chi connectivity index (χ1n) is 8.86. The fourth-order valence-corrected chi connectivity index (χ4v) is 2.92. The topological polar surface area (TPSA) is 56.1 Å². The first-order valence-corrected chi connectivity index (χ1v) is 8.86. The van der Waals surface area contributed by atoms with Crippen molar-refractivity contribution in [3.05, 3.63) is 77.4 Å². The van der Waals surface area contributed by atoms with E-state index in [2.05, 4.69) is 10.4 Å². The highest BCUT2D eigenvalue weighted by atomic mass is 19.1. The zero-order valence-corrected chi connectivity index (χ0v) is 15.4. The molecule has 3 aromatic rings. The zero-order chi connectivity index (χ0) is 19.2. The summed E-state index contributed by atoms with van der Waals surface area (Å²) in [6.45, 7) is 2.49. The first-order chi connectivity index (χ1) is 13.1.